The van der Waals surface area contributed by atoms with E-state index >= 15 is 0 Å². The maximum atomic E-state index is 13.4. The Morgan fingerprint density at radius 3 is 1.88 bits per heavy atom. The van der Waals surface area contributed by atoms with Crippen LogP contribution < -0.4 is 10.6 Å². The van der Waals surface area contributed by atoms with Crippen molar-refractivity contribution in [3.8, 4) is 0 Å². The monoisotopic (exact) mass is 434 g/mol. The summed E-state index contributed by atoms with van der Waals surface area (Å²) in [5, 5.41) is 6.95. The van der Waals surface area contributed by atoms with E-state index in [1.807, 2.05) is 18.2 Å². The van der Waals surface area contributed by atoms with Gasteiger partial charge < -0.3 is 5.32 Å². The zero-order valence-electron chi connectivity index (χ0n) is 21.0. The van der Waals surface area contributed by atoms with Gasteiger partial charge in [0.15, 0.2) is 0 Å². The van der Waals surface area contributed by atoms with Gasteiger partial charge in [-0.05, 0) is 45.9 Å². The largest absolute Gasteiger partial charge is 0.350 e. The fraction of sp³-hybridized carbons (Fsp3) is 0.552. The van der Waals surface area contributed by atoms with Gasteiger partial charge in [-0.1, -0.05) is 109 Å². The maximum absolute atomic E-state index is 13.4. The summed E-state index contributed by atoms with van der Waals surface area (Å²) in [6.07, 6.45) is 5.21. The van der Waals surface area contributed by atoms with E-state index in [1.54, 1.807) is 0 Å². The van der Waals surface area contributed by atoms with Crippen molar-refractivity contribution in [3.05, 3.63) is 70.8 Å². The predicted octanol–water partition coefficient (Wildman–Crippen LogP) is 6.39. The Labute approximate surface area is 195 Å². The Bertz CT molecular complexity index is 865. The van der Waals surface area contributed by atoms with Gasteiger partial charge in [0, 0.05) is 13.1 Å². The van der Waals surface area contributed by atoms with Crippen molar-refractivity contribution in [2.75, 3.05) is 0 Å². The third-order valence-electron chi connectivity index (χ3n) is 6.79. The molecule has 3 heteroatoms. The van der Waals surface area contributed by atoms with E-state index in [-0.39, 0.29) is 16.7 Å². The van der Waals surface area contributed by atoms with Gasteiger partial charge in [0.1, 0.15) is 0 Å². The van der Waals surface area contributed by atoms with E-state index < -0.39 is 5.54 Å². The fourth-order valence-corrected chi connectivity index (χ4v) is 4.52. The first-order chi connectivity index (χ1) is 15.0. The van der Waals surface area contributed by atoms with Crippen LogP contribution in [0.4, 0.5) is 0 Å². The van der Waals surface area contributed by atoms with Crippen molar-refractivity contribution < 1.29 is 4.79 Å². The van der Waals surface area contributed by atoms with Crippen LogP contribution in [0.1, 0.15) is 95.9 Å². The lowest BCUT2D eigenvalue weighted by Crippen LogP contribution is -2.57. The number of nitrogens with one attached hydrogen (secondary N) is 2. The van der Waals surface area contributed by atoms with E-state index in [2.05, 4.69) is 82.5 Å². The molecular weight excluding hydrogens is 392 g/mol. The van der Waals surface area contributed by atoms with Crippen molar-refractivity contribution >= 4 is 5.91 Å². The molecule has 1 aliphatic rings. The van der Waals surface area contributed by atoms with Gasteiger partial charge in [0.25, 0.3) is 0 Å². The molecule has 0 heterocycles. The topological polar surface area (TPSA) is 41.1 Å². The number of amides is 1. The van der Waals surface area contributed by atoms with Gasteiger partial charge >= 0.3 is 0 Å². The smallest absolute Gasteiger partial charge is 0.240 e. The summed E-state index contributed by atoms with van der Waals surface area (Å²) >= 11 is 0. The molecule has 2 N–H and O–H groups in total. The van der Waals surface area contributed by atoms with Crippen molar-refractivity contribution in [2.45, 2.75) is 103 Å². The molecule has 2 aromatic rings. The van der Waals surface area contributed by atoms with Gasteiger partial charge in [0.2, 0.25) is 5.91 Å². The second kappa shape index (κ2) is 9.79. The number of benzene rings is 2. The average molecular weight is 435 g/mol. The molecule has 0 saturated heterocycles. The van der Waals surface area contributed by atoms with Crippen LogP contribution in [0.25, 0.3) is 0 Å². The highest BCUT2D eigenvalue weighted by molar-refractivity contribution is 5.86. The Hall–Kier alpha value is -2.13. The quantitative estimate of drug-likeness (QED) is 0.553. The van der Waals surface area contributed by atoms with Gasteiger partial charge in [0.05, 0.1) is 5.54 Å². The van der Waals surface area contributed by atoms with Gasteiger partial charge in [-0.2, -0.15) is 0 Å². The van der Waals surface area contributed by atoms with Crippen molar-refractivity contribution in [2.24, 2.45) is 0 Å². The minimum absolute atomic E-state index is 0.0889. The number of hydrogen-bond donors (Lipinski definition) is 2. The molecule has 2 aromatic carbocycles. The molecule has 0 aliphatic heterocycles. The van der Waals surface area contributed by atoms with Crippen LogP contribution in [0.15, 0.2) is 48.5 Å². The summed E-state index contributed by atoms with van der Waals surface area (Å²) in [6.45, 7) is 14.9. The molecule has 0 aromatic heterocycles. The summed E-state index contributed by atoms with van der Waals surface area (Å²) in [5.74, 6) is 0.143. The molecule has 0 bridgehead atoms. The summed E-state index contributed by atoms with van der Waals surface area (Å²) in [7, 11) is 0. The summed E-state index contributed by atoms with van der Waals surface area (Å²) in [5.41, 5.74) is 4.81. The van der Waals surface area contributed by atoms with E-state index in [9.17, 15) is 4.79 Å². The number of rotatable bonds is 6. The number of hydrogen-bond acceptors (Lipinski definition) is 2. The lowest BCUT2D eigenvalue weighted by Gasteiger charge is -2.37. The second-order valence-corrected chi connectivity index (χ2v) is 11.6. The van der Waals surface area contributed by atoms with Crippen LogP contribution >= 0.6 is 0 Å². The molecule has 1 amide bonds. The van der Waals surface area contributed by atoms with Crippen LogP contribution in [-0.2, 0) is 28.7 Å². The van der Waals surface area contributed by atoms with Crippen LogP contribution in [0, 0.1) is 0 Å². The van der Waals surface area contributed by atoms with Gasteiger partial charge in [-0.3, -0.25) is 10.1 Å². The SMILES string of the molecule is CC(C)(C)c1cc(CNC2(C(=O)NCc3ccccc3)CCCCC2)cc(C(C)(C)C)c1. The van der Waals surface area contributed by atoms with Crippen molar-refractivity contribution in [1.82, 2.24) is 10.6 Å². The van der Waals surface area contributed by atoms with Crippen LogP contribution in [0.5, 0.6) is 0 Å². The van der Waals surface area contributed by atoms with Crippen LogP contribution in [-0.4, -0.2) is 11.4 Å². The number of carbonyl (C=O) groups is 1. The average Bonchev–Trinajstić information content (AvgIpc) is 2.76. The highest BCUT2D eigenvalue weighted by Gasteiger charge is 2.38. The third-order valence-corrected chi connectivity index (χ3v) is 6.79. The first kappa shape index (κ1) is 24.5. The van der Waals surface area contributed by atoms with E-state index in [0.717, 1.165) is 31.2 Å². The summed E-state index contributed by atoms with van der Waals surface area (Å²) < 4.78 is 0. The lowest BCUT2D eigenvalue weighted by atomic mass is 9.79. The molecule has 174 valence electrons. The fourth-order valence-electron chi connectivity index (χ4n) is 4.52. The lowest BCUT2D eigenvalue weighted by molar-refractivity contribution is -0.129. The van der Waals surface area contributed by atoms with Crippen molar-refractivity contribution in [3.63, 3.8) is 0 Å². The van der Waals surface area contributed by atoms with E-state index in [1.165, 1.54) is 23.1 Å². The normalized spacial score (nSPS) is 16.6. The molecule has 1 aliphatic carbocycles. The van der Waals surface area contributed by atoms with Gasteiger partial charge in [-0.15, -0.1) is 0 Å². The molecule has 0 unspecified atom stereocenters. The molecule has 0 atom stereocenters. The van der Waals surface area contributed by atoms with E-state index in [4.69, 9.17) is 0 Å². The minimum Gasteiger partial charge on any atom is -0.350 e. The molecule has 1 fully saturated rings. The molecule has 1 saturated carbocycles. The Kier molecular flexibility index (Phi) is 7.50. The zero-order chi connectivity index (χ0) is 23.4. The standard InChI is InChI=1S/C29H42N2O/c1-27(2,3)24-17-23(18-25(19-24)28(4,5)6)21-31-29(15-11-8-12-16-29)26(32)30-20-22-13-9-7-10-14-22/h7,9-10,13-14,17-19,31H,8,11-12,15-16,20-21H2,1-6H3,(H,30,32). The second-order valence-electron chi connectivity index (χ2n) is 11.6. The number of carbonyl (C=O) groups excluding carboxylic acids is 1. The molecular formula is C29H42N2O. The predicted molar refractivity (Wildman–Crippen MR) is 135 cm³/mol. The summed E-state index contributed by atoms with van der Waals surface area (Å²) in [6, 6.07) is 17.2. The maximum Gasteiger partial charge on any atom is 0.240 e. The Balaban J connectivity index is 1.80. The Morgan fingerprint density at radius 2 is 1.34 bits per heavy atom. The molecule has 0 radical (unpaired) electrons. The third kappa shape index (κ3) is 6.22. The van der Waals surface area contributed by atoms with Crippen LogP contribution in [0.3, 0.4) is 0 Å². The van der Waals surface area contributed by atoms with Crippen LogP contribution in [0.2, 0.25) is 0 Å². The molecule has 3 rings (SSSR count). The molecule has 32 heavy (non-hydrogen) atoms. The zero-order valence-corrected chi connectivity index (χ0v) is 21.0. The van der Waals surface area contributed by atoms with E-state index in [0.29, 0.717) is 13.1 Å². The molecule has 3 nitrogen and oxygen atoms in total. The highest BCUT2D eigenvalue weighted by atomic mass is 16.2. The Morgan fingerprint density at radius 1 is 0.781 bits per heavy atom. The first-order valence-corrected chi connectivity index (χ1v) is 12.2. The highest BCUT2D eigenvalue weighted by Crippen LogP contribution is 2.32. The van der Waals surface area contributed by atoms with Crippen molar-refractivity contribution in [1.29, 1.82) is 0 Å². The van der Waals surface area contributed by atoms with Gasteiger partial charge in [-0.25, -0.2) is 0 Å². The summed E-state index contributed by atoms with van der Waals surface area (Å²) in [4.78, 5) is 13.4. The molecule has 0 spiro atoms. The minimum atomic E-state index is -0.480. The first-order valence-electron chi connectivity index (χ1n) is 12.2.